The van der Waals surface area contributed by atoms with Crippen molar-refractivity contribution in [3.8, 4) is 28.6 Å². The number of aryl methyl sites for hydroxylation is 1. The van der Waals surface area contributed by atoms with Gasteiger partial charge in [-0.15, -0.1) is 0 Å². The molecule has 0 spiro atoms. The molecule has 0 bridgehead atoms. The molecule has 8 nitrogen and oxygen atoms in total. The van der Waals surface area contributed by atoms with Crippen LogP contribution in [0.4, 0.5) is 16.2 Å². The molecule has 10 heteroatoms. The zero-order chi connectivity index (χ0) is 24.8. The van der Waals surface area contributed by atoms with Crippen molar-refractivity contribution in [3.63, 3.8) is 0 Å². The molecular formula is C25H21Cl2N5O3. The van der Waals surface area contributed by atoms with Crippen molar-refractivity contribution in [2.75, 3.05) is 17.7 Å². The summed E-state index contributed by atoms with van der Waals surface area (Å²) in [6.07, 6.45) is 4.04. The molecule has 0 unspecified atom stereocenters. The highest BCUT2D eigenvalue weighted by Gasteiger charge is 2.14. The lowest BCUT2D eigenvalue weighted by molar-refractivity contribution is 0.262. The highest BCUT2D eigenvalue weighted by molar-refractivity contribution is 6.32. The lowest BCUT2D eigenvalue weighted by atomic mass is 10.2. The van der Waals surface area contributed by atoms with E-state index >= 15 is 0 Å². The highest BCUT2D eigenvalue weighted by atomic mass is 35.5. The number of methoxy groups -OCH3 is 1. The summed E-state index contributed by atoms with van der Waals surface area (Å²) in [5, 5.41) is 6.18. The summed E-state index contributed by atoms with van der Waals surface area (Å²) in [6.45, 7) is 1.99. The molecule has 4 rings (SSSR count). The third kappa shape index (κ3) is 5.98. The summed E-state index contributed by atoms with van der Waals surface area (Å²) in [7, 11) is 1.51. The van der Waals surface area contributed by atoms with Crippen molar-refractivity contribution in [3.05, 3.63) is 82.9 Å². The number of hydrogen-bond donors (Lipinski definition) is 2. The number of benzene rings is 2. The molecule has 0 aliphatic carbocycles. The molecule has 0 saturated heterocycles. The quantitative estimate of drug-likeness (QED) is 0.282. The monoisotopic (exact) mass is 509 g/mol. The molecule has 0 atom stereocenters. The fourth-order valence-corrected chi connectivity index (χ4v) is 3.61. The second-order valence-corrected chi connectivity index (χ2v) is 8.08. The normalized spacial score (nSPS) is 10.5. The summed E-state index contributed by atoms with van der Waals surface area (Å²) in [5.41, 5.74) is 2.30. The van der Waals surface area contributed by atoms with E-state index in [0.29, 0.717) is 51.5 Å². The predicted molar refractivity (Wildman–Crippen MR) is 137 cm³/mol. The number of nitrogens with one attached hydrogen (secondary N) is 2. The van der Waals surface area contributed by atoms with Crippen LogP contribution in [0, 0.1) is 0 Å². The maximum atomic E-state index is 12.5. The number of hydrogen-bond acceptors (Lipinski definition) is 6. The molecular weight excluding hydrogens is 489 g/mol. The summed E-state index contributed by atoms with van der Waals surface area (Å²) < 4.78 is 11.2. The molecule has 178 valence electrons. The second kappa shape index (κ2) is 11.0. The summed E-state index contributed by atoms with van der Waals surface area (Å²) in [6, 6.07) is 14.8. The van der Waals surface area contributed by atoms with Gasteiger partial charge in [-0.1, -0.05) is 30.1 Å². The number of rotatable bonds is 7. The van der Waals surface area contributed by atoms with Crippen LogP contribution in [0.5, 0.6) is 17.4 Å². The number of aromatic nitrogens is 3. The van der Waals surface area contributed by atoms with Crippen molar-refractivity contribution in [1.82, 2.24) is 15.0 Å². The first-order valence-corrected chi connectivity index (χ1v) is 11.4. The Hall–Kier alpha value is -3.88. The van der Waals surface area contributed by atoms with Crippen LogP contribution in [0.1, 0.15) is 12.7 Å². The molecule has 2 aromatic carbocycles. The number of pyridine rings is 1. The van der Waals surface area contributed by atoms with E-state index in [1.54, 1.807) is 60.9 Å². The first-order chi connectivity index (χ1) is 17.0. The van der Waals surface area contributed by atoms with Gasteiger partial charge in [0.15, 0.2) is 0 Å². The number of halogens is 2. The number of carbonyl (C=O) groups excluding carboxylic acids is 1. The van der Waals surface area contributed by atoms with Crippen molar-refractivity contribution >= 4 is 40.6 Å². The van der Waals surface area contributed by atoms with E-state index in [2.05, 4.69) is 25.6 Å². The van der Waals surface area contributed by atoms with Crippen molar-refractivity contribution in [1.29, 1.82) is 0 Å². The third-order valence-electron chi connectivity index (χ3n) is 4.87. The fraction of sp³-hybridized carbons (Fsp3) is 0.120. The van der Waals surface area contributed by atoms with Crippen LogP contribution in [-0.2, 0) is 6.42 Å². The van der Waals surface area contributed by atoms with Gasteiger partial charge in [0.25, 0.3) is 0 Å². The Bertz CT molecular complexity index is 1370. The zero-order valence-corrected chi connectivity index (χ0v) is 20.4. The zero-order valence-electron chi connectivity index (χ0n) is 18.9. The van der Waals surface area contributed by atoms with Gasteiger partial charge in [0.05, 0.1) is 29.1 Å². The van der Waals surface area contributed by atoms with Gasteiger partial charge >= 0.3 is 6.03 Å². The number of anilines is 2. The molecule has 2 amide bonds. The van der Waals surface area contributed by atoms with Crippen LogP contribution in [0.15, 0.2) is 67.0 Å². The van der Waals surface area contributed by atoms with E-state index in [-0.39, 0.29) is 5.02 Å². The fourth-order valence-electron chi connectivity index (χ4n) is 3.21. The minimum absolute atomic E-state index is 0.289. The molecule has 2 N–H and O–H groups in total. The first-order valence-electron chi connectivity index (χ1n) is 10.6. The Morgan fingerprint density at radius 2 is 1.80 bits per heavy atom. The van der Waals surface area contributed by atoms with E-state index in [9.17, 15) is 4.79 Å². The number of ether oxygens (including phenoxy) is 2. The third-order valence-corrected chi connectivity index (χ3v) is 5.41. The van der Waals surface area contributed by atoms with Crippen molar-refractivity contribution < 1.29 is 14.3 Å². The molecule has 35 heavy (non-hydrogen) atoms. The summed E-state index contributed by atoms with van der Waals surface area (Å²) >= 11 is 12.5. The Kier molecular flexibility index (Phi) is 7.64. The number of carbonyl (C=O) groups is 1. The summed E-state index contributed by atoms with van der Waals surface area (Å²) in [4.78, 5) is 25.6. The van der Waals surface area contributed by atoms with Gasteiger partial charge in [0.1, 0.15) is 17.3 Å². The van der Waals surface area contributed by atoms with Crippen LogP contribution < -0.4 is 20.1 Å². The van der Waals surface area contributed by atoms with Crippen LogP contribution in [0.3, 0.4) is 0 Å². The lowest BCUT2D eigenvalue weighted by Crippen LogP contribution is -2.19. The smallest absolute Gasteiger partial charge is 0.323 e. The Morgan fingerprint density at radius 1 is 0.971 bits per heavy atom. The average molecular weight is 510 g/mol. The average Bonchev–Trinajstić information content (AvgIpc) is 2.86. The van der Waals surface area contributed by atoms with Gasteiger partial charge in [-0.05, 0) is 54.6 Å². The first kappa shape index (κ1) is 24.3. The minimum atomic E-state index is -0.488. The number of nitrogens with zero attached hydrogens (tertiary/aromatic N) is 3. The van der Waals surface area contributed by atoms with E-state index in [0.717, 1.165) is 5.82 Å². The molecule has 0 saturated carbocycles. The van der Waals surface area contributed by atoms with Crippen LogP contribution in [0.2, 0.25) is 10.0 Å². The Balaban J connectivity index is 1.50. The van der Waals surface area contributed by atoms with Gasteiger partial charge in [-0.3, -0.25) is 0 Å². The van der Waals surface area contributed by atoms with Crippen LogP contribution in [-0.4, -0.2) is 28.1 Å². The Morgan fingerprint density at radius 3 is 2.57 bits per heavy atom. The SMILES string of the molecule is CCc1nccc(-c2cccnc2Oc2ccc(NC(=O)Nc3cc(Cl)ccc3OC)cc2Cl)n1. The second-order valence-electron chi connectivity index (χ2n) is 7.24. The molecule has 0 aliphatic heterocycles. The van der Waals surface area contributed by atoms with E-state index in [4.69, 9.17) is 32.7 Å². The molecule has 4 aromatic rings. The van der Waals surface area contributed by atoms with Gasteiger partial charge < -0.3 is 20.1 Å². The van der Waals surface area contributed by atoms with Crippen LogP contribution >= 0.6 is 23.2 Å². The molecule has 0 aliphatic rings. The topological polar surface area (TPSA) is 98.3 Å². The predicted octanol–water partition coefficient (Wildman–Crippen LogP) is 6.85. The maximum Gasteiger partial charge on any atom is 0.323 e. The van der Waals surface area contributed by atoms with E-state index in [1.165, 1.54) is 7.11 Å². The number of amides is 2. The largest absolute Gasteiger partial charge is 0.495 e. The van der Waals surface area contributed by atoms with Crippen molar-refractivity contribution in [2.45, 2.75) is 13.3 Å². The van der Waals surface area contributed by atoms with Crippen LogP contribution in [0.25, 0.3) is 11.3 Å². The van der Waals surface area contributed by atoms with Gasteiger partial charge in [0.2, 0.25) is 5.88 Å². The van der Waals surface area contributed by atoms with Gasteiger partial charge in [-0.25, -0.2) is 19.7 Å². The van der Waals surface area contributed by atoms with Crippen molar-refractivity contribution in [2.24, 2.45) is 0 Å². The van der Waals surface area contributed by atoms with E-state index in [1.807, 2.05) is 13.0 Å². The summed E-state index contributed by atoms with van der Waals surface area (Å²) in [5.74, 6) is 1.92. The molecule has 2 aromatic heterocycles. The van der Waals surface area contributed by atoms with Gasteiger partial charge in [0, 0.05) is 29.5 Å². The lowest BCUT2D eigenvalue weighted by Gasteiger charge is -2.13. The van der Waals surface area contributed by atoms with E-state index < -0.39 is 6.03 Å². The minimum Gasteiger partial charge on any atom is -0.495 e. The number of urea groups is 1. The maximum absolute atomic E-state index is 12.5. The highest BCUT2D eigenvalue weighted by Crippen LogP contribution is 2.35. The molecule has 2 heterocycles. The standard InChI is InChI=1S/C25H21Cl2N5O3/c1-3-23-28-12-10-19(31-23)17-5-4-11-29-24(17)35-21-9-7-16(14-18(21)27)30-25(33)32-20-13-15(26)6-8-22(20)34-2/h4-14H,3H2,1-2H3,(H2,30,32,33). The Labute approximate surface area is 212 Å². The molecule has 0 radical (unpaired) electrons. The van der Waals surface area contributed by atoms with Gasteiger partial charge in [-0.2, -0.15) is 0 Å². The molecule has 0 fully saturated rings.